The fourth-order valence-corrected chi connectivity index (χ4v) is 2.62. The van der Waals surface area contributed by atoms with Gasteiger partial charge in [0.15, 0.2) is 0 Å². The van der Waals surface area contributed by atoms with Crippen LogP contribution >= 0.6 is 0 Å². The molecule has 19 heavy (non-hydrogen) atoms. The van der Waals surface area contributed by atoms with E-state index in [1.54, 1.807) is 6.07 Å². The number of esters is 1. The van der Waals surface area contributed by atoms with Crippen molar-refractivity contribution in [2.45, 2.75) is 37.8 Å². The molecule has 0 saturated heterocycles. The van der Waals surface area contributed by atoms with E-state index in [1.807, 2.05) is 18.2 Å². The summed E-state index contributed by atoms with van der Waals surface area (Å²) in [7, 11) is 1.38. The van der Waals surface area contributed by atoms with Gasteiger partial charge < -0.3 is 15.2 Å². The molecule has 1 aromatic carbocycles. The van der Waals surface area contributed by atoms with Crippen molar-refractivity contribution in [3.63, 3.8) is 0 Å². The third-order valence-corrected chi connectivity index (χ3v) is 3.73. The Hall–Kier alpha value is -1.39. The topological polar surface area (TPSA) is 58.6 Å². The van der Waals surface area contributed by atoms with E-state index in [2.05, 4.69) is 5.32 Å². The summed E-state index contributed by atoms with van der Waals surface area (Å²) in [6.45, 7) is 1.14. The Morgan fingerprint density at radius 2 is 2.05 bits per heavy atom. The summed E-state index contributed by atoms with van der Waals surface area (Å²) in [4.78, 5) is 11.6. The molecule has 1 aliphatic carbocycles. The summed E-state index contributed by atoms with van der Waals surface area (Å²) in [5, 5.41) is 13.5. The molecular formula is C15H21NO3. The second-order valence-electron chi connectivity index (χ2n) is 5.18. The molecule has 0 aliphatic heterocycles. The van der Waals surface area contributed by atoms with E-state index < -0.39 is 5.60 Å². The maximum Gasteiger partial charge on any atom is 0.338 e. The highest BCUT2D eigenvalue weighted by Gasteiger charge is 2.30. The summed E-state index contributed by atoms with van der Waals surface area (Å²) in [6, 6.07) is 7.37. The quantitative estimate of drug-likeness (QED) is 0.796. The van der Waals surface area contributed by atoms with E-state index in [-0.39, 0.29) is 5.97 Å². The first-order valence-corrected chi connectivity index (χ1v) is 6.74. The number of benzene rings is 1. The molecule has 0 unspecified atom stereocenters. The van der Waals surface area contributed by atoms with Gasteiger partial charge in [-0.2, -0.15) is 0 Å². The predicted octanol–water partition coefficient (Wildman–Crippen LogP) is 1.87. The third-order valence-electron chi connectivity index (χ3n) is 3.73. The van der Waals surface area contributed by atoms with Crippen LogP contribution in [0.5, 0.6) is 0 Å². The second-order valence-corrected chi connectivity index (χ2v) is 5.18. The molecule has 4 heteroatoms. The Balaban J connectivity index is 1.94. The van der Waals surface area contributed by atoms with Crippen LogP contribution in [-0.2, 0) is 11.3 Å². The molecule has 2 rings (SSSR count). The molecule has 1 saturated carbocycles. The first kappa shape index (κ1) is 14.0. The normalized spacial score (nSPS) is 17.4. The van der Waals surface area contributed by atoms with Gasteiger partial charge >= 0.3 is 5.97 Å². The lowest BCUT2D eigenvalue weighted by atomic mass is 10.0. The van der Waals surface area contributed by atoms with E-state index in [0.717, 1.165) is 31.2 Å². The Bertz CT molecular complexity index is 439. The Morgan fingerprint density at radius 3 is 2.74 bits per heavy atom. The van der Waals surface area contributed by atoms with E-state index in [4.69, 9.17) is 4.74 Å². The molecular weight excluding hydrogens is 242 g/mol. The second kappa shape index (κ2) is 6.17. The number of carbonyl (C=O) groups is 1. The number of rotatable bonds is 5. The minimum absolute atomic E-state index is 0.322. The zero-order chi connectivity index (χ0) is 13.7. The Labute approximate surface area is 113 Å². The summed E-state index contributed by atoms with van der Waals surface area (Å²) in [6.07, 6.45) is 3.91. The van der Waals surface area contributed by atoms with E-state index >= 15 is 0 Å². The van der Waals surface area contributed by atoms with E-state index in [9.17, 15) is 9.90 Å². The number of methoxy groups -OCH3 is 1. The van der Waals surface area contributed by atoms with Gasteiger partial charge in [0, 0.05) is 13.1 Å². The highest BCUT2D eigenvalue weighted by atomic mass is 16.5. The molecule has 1 fully saturated rings. The molecule has 0 spiro atoms. The maximum atomic E-state index is 11.6. The molecule has 4 nitrogen and oxygen atoms in total. The molecule has 2 N–H and O–H groups in total. The molecule has 1 aromatic rings. The van der Waals surface area contributed by atoms with Crippen molar-refractivity contribution in [2.24, 2.45) is 0 Å². The van der Waals surface area contributed by atoms with Gasteiger partial charge in [0.25, 0.3) is 0 Å². The first-order valence-electron chi connectivity index (χ1n) is 6.74. The standard InChI is InChI=1S/C15H21NO3/c1-19-14(17)13-7-3-2-6-12(13)10-16-11-15(18)8-4-5-9-15/h2-3,6-7,16,18H,4-5,8-11H2,1H3. The van der Waals surface area contributed by atoms with Crippen LogP contribution in [0.2, 0.25) is 0 Å². The van der Waals surface area contributed by atoms with Crippen LogP contribution in [0.1, 0.15) is 41.6 Å². The lowest BCUT2D eigenvalue weighted by Gasteiger charge is -2.22. The smallest absolute Gasteiger partial charge is 0.338 e. The minimum Gasteiger partial charge on any atom is -0.465 e. The van der Waals surface area contributed by atoms with Gasteiger partial charge in [-0.15, -0.1) is 0 Å². The van der Waals surface area contributed by atoms with E-state index in [1.165, 1.54) is 7.11 Å². The Morgan fingerprint density at radius 1 is 1.37 bits per heavy atom. The zero-order valence-corrected chi connectivity index (χ0v) is 11.3. The average Bonchev–Trinajstić information content (AvgIpc) is 2.85. The van der Waals surface area contributed by atoms with Crippen molar-refractivity contribution >= 4 is 5.97 Å². The minimum atomic E-state index is -0.569. The van der Waals surface area contributed by atoms with Gasteiger partial charge in [0.05, 0.1) is 18.3 Å². The van der Waals surface area contributed by atoms with Crippen molar-refractivity contribution in [2.75, 3.05) is 13.7 Å². The molecule has 104 valence electrons. The molecule has 0 radical (unpaired) electrons. The molecule has 0 heterocycles. The Kier molecular flexibility index (Phi) is 4.56. The van der Waals surface area contributed by atoms with Crippen LogP contribution in [0.15, 0.2) is 24.3 Å². The summed E-state index contributed by atoms with van der Waals surface area (Å²) in [5.74, 6) is -0.322. The lowest BCUT2D eigenvalue weighted by Crippen LogP contribution is -2.37. The van der Waals surface area contributed by atoms with Gasteiger partial charge in [0.2, 0.25) is 0 Å². The van der Waals surface area contributed by atoms with Crippen molar-refractivity contribution in [3.8, 4) is 0 Å². The SMILES string of the molecule is COC(=O)c1ccccc1CNCC1(O)CCCC1. The number of hydrogen-bond acceptors (Lipinski definition) is 4. The lowest BCUT2D eigenvalue weighted by molar-refractivity contribution is 0.0474. The fraction of sp³-hybridized carbons (Fsp3) is 0.533. The van der Waals surface area contributed by atoms with Crippen LogP contribution < -0.4 is 5.32 Å². The monoisotopic (exact) mass is 263 g/mol. The van der Waals surface area contributed by atoms with Crippen molar-refractivity contribution in [1.82, 2.24) is 5.32 Å². The first-order chi connectivity index (χ1) is 9.14. The van der Waals surface area contributed by atoms with Crippen LogP contribution in [0.4, 0.5) is 0 Å². The van der Waals surface area contributed by atoms with Crippen LogP contribution in [-0.4, -0.2) is 30.3 Å². The van der Waals surface area contributed by atoms with Crippen LogP contribution in [0.25, 0.3) is 0 Å². The highest BCUT2D eigenvalue weighted by molar-refractivity contribution is 5.90. The van der Waals surface area contributed by atoms with Gasteiger partial charge in [-0.1, -0.05) is 31.0 Å². The molecule has 0 aromatic heterocycles. The zero-order valence-electron chi connectivity index (χ0n) is 11.3. The van der Waals surface area contributed by atoms with Gasteiger partial charge in [-0.05, 0) is 24.5 Å². The van der Waals surface area contributed by atoms with Gasteiger partial charge in [0.1, 0.15) is 0 Å². The summed E-state index contributed by atoms with van der Waals surface area (Å²) in [5.41, 5.74) is 0.909. The number of aliphatic hydroxyl groups is 1. The fourth-order valence-electron chi connectivity index (χ4n) is 2.62. The molecule has 0 bridgehead atoms. The predicted molar refractivity (Wildman–Crippen MR) is 72.9 cm³/mol. The van der Waals surface area contributed by atoms with E-state index in [0.29, 0.717) is 18.7 Å². The maximum absolute atomic E-state index is 11.6. The largest absolute Gasteiger partial charge is 0.465 e. The molecule has 0 amide bonds. The number of nitrogens with one attached hydrogen (secondary N) is 1. The van der Waals surface area contributed by atoms with Crippen molar-refractivity contribution in [3.05, 3.63) is 35.4 Å². The summed E-state index contributed by atoms with van der Waals surface area (Å²) < 4.78 is 4.76. The van der Waals surface area contributed by atoms with Crippen LogP contribution in [0, 0.1) is 0 Å². The molecule has 0 atom stereocenters. The number of ether oxygens (including phenoxy) is 1. The number of hydrogen-bond donors (Lipinski definition) is 2. The highest BCUT2D eigenvalue weighted by Crippen LogP contribution is 2.28. The van der Waals surface area contributed by atoms with Crippen LogP contribution in [0.3, 0.4) is 0 Å². The molecule has 1 aliphatic rings. The number of carbonyl (C=O) groups excluding carboxylic acids is 1. The van der Waals surface area contributed by atoms with Gasteiger partial charge in [-0.3, -0.25) is 0 Å². The third kappa shape index (κ3) is 3.55. The average molecular weight is 263 g/mol. The van der Waals surface area contributed by atoms with Crippen molar-refractivity contribution < 1.29 is 14.6 Å². The summed E-state index contributed by atoms with van der Waals surface area (Å²) >= 11 is 0. The van der Waals surface area contributed by atoms with Crippen molar-refractivity contribution in [1.29, 1.82) is 0 Å². The van der Waals surface area contributed by atoms with Gasteiger partial charge in [-0.25, -0.2) is 4.79 Å².